The van der Waals surface area contributed by atoms with Crippen LogP contribution in [0.4, 0.5) is 0 Å². The first-order chi connectivity index (χ1) is 22.8. The van der Waals surface area contributed by atoms with Crippen molar-refractivity contribution in [2.24, 2.45) is 10.7 Å². The van der Waals surface area contributed by atoms with Crippen LogP contribution < -0.4 is 16.4 Å². The van der Waals surface area contributed by atoms with E-state index in [0.717, 1.165) is 42.5 Å². The number of aliphatic imine (C=N–C) groups is 1. The van der Waals surface area contributed by atoms with Crippen molar-refractivity contribution in [2.45, 2.75) is 103 Å². The van der Waals surface area contributed by atoms with Crippen molar-refractivity contribution in [3.8, 4) is 0 Å². The summed E-state index contributed by atoms with van der Waals surface area (Å²) in [6.45, 7) is 11.8. The third-order valence-electron chi connectivity index (χ3n) is 9.57. The number of benzene rings is 2. The van der Waals surface area contributed by atoms with Crippen LogP contribution in [0, 0.1) is 0 Å². The summed E-state index contributed by atoms with van der Waals surface area (Å²) in [6.07, 6.45) is 6.51. The number of piperazine rings is 1. The molecule has 3 aliphatic heterocycles. The summed E-state index contributed by atoms with van der Waals surface area (Å²) >= 11 is 0. The predicted molar refractivity (Wildman–Crippen MR) is 187 cm³/mol. The highest BCUT2D eigenvalue weighted by Crippen LogP contribution is 2.30. The Bertz CT molecular complexity index is 1310. The topological polar surface area (TPSA) is 116 Å². The van der Waals surface area contributed by atoms with Gasteiger partial charge < -0.3 is 35.8 Å². The molecule has 3 aliphatic rings. The first-order valence-electron chi connectivity index (χ1n) is 17.7. The number of carbonyl (C=O) groups excluding carboxylic acids is 2. The fourth-order valence-corrected chi connectivity index (χ4v) is 6.92. The van der Waals surface area contributed by atoms with Gasteiger partial charge in [-0.1, -0.05) is 81.3 Å². The van der Waals surface area contributed by atoms with E-state index in [0.29, 0.717) is 38.7 Å². The molecule has 0 spiro atoms. The lowest BCUT2D eigenvalue weighted by atomic mass is 10.0. The Morgan fingerprint density at radius 3 is 2.38 bits per heavy atom. The van der Waals surface area contributed by atoms with Gasteiger partial charge in [0.25, 0.3) is 6.02 Å². The minimum atomic E-state index is -0.679. The molecule has 5 rings (SSSR count). The average molecular weight is 646 g/mol. The molecule has 1 unspecified atom stereocenters. The molecule has 0 saturated carbocycles. The van der Waals surface area contributed by atoms with Gasteiger partial charge in [0.15, 0.2) is 0 Å². The molecule has 2 fully saturated rings. The Kier molecular flexibility index (Phi) is 12.7. The smallest absolute Gasteiger partial charge is 0.288 e. The summed E-state index contributed by atoms with van der Waals surface area (Å²) in [4.78, 5) is 39.5. The molecule has 256 valence electrons. The molecule has 2 amide bonds. The van der Waals surface area contributed by atoms with E-state index in [1.54, 1.807) is 4.90 Å². The molecular weight excluding hydrogens is 590 g/mol. The maximum atomic E-state index is 14.3. The highest BCUT2D eigenvalue weighted by Gasteiger charge is 2.41. The SMILES string of the molecule is CC(C)NC(CCCCN1CCCCC1)C(=O)N1CCN(C2=N[C@@H](C)[C@H](c3ccccc3)O2)C[C@H]1C(=O)NCc1ccc(CN)cc1. The van der Waals surface area contributed by atoms with Crippen LogP contribution in [0.2, 0.25) is 0 Å². The van der Waals surface area contributed by atoms with Crippen molar-refractivity contribution in [2.75, 3.05) is 39.3 Å². The van der Waals surface area contributed by atoms with E-state index < -0.39 is 6.04 Å². The number of unbranched alkanes of at least 4 members (excludes halogenated alkanes) is 1. The lowest BCUT2D eigenvalue weighted by Gasteiger charge is -2.42. The molecule has 2 aromatic rings. The molecule has 10 heteroatoms. The molecule has 2 saturated heterocycles. The number of hydrogen-bond acceptors (Lipinski definition) is 8. The van der Waals surface area contributed by atoms with E-state index in [-0.39, 0.29) is 36.0 Å². The Morgan fingerprint density at radius 1 is 0.957 bits per heavy atom. The molecule has 4 N–H and O–H groups in total. The first kappa shape index (κ1) is 34.9. The van der Waals surface area contributed by atoms with E-state index in [2.05, 4.69) is 48.4 Å². The van der Waals surface area contributed by atoms with Crippen molar-refractivity contribution in [3.05, 3.63) is 71.3 Å². The lowest BCUT2D eigenvalue weighted by molar-refractivity contribution is -0.145. The molecule has 10 nitrogen and oxygen atoms in total. The van der Waals surface area contributed by atoms with E-state index in [4.69, 9.17) is 15.5 Å². The quantitative estimate of drug-likeness (QED) is 0.284. The third-order valence-corrected chi connectivity index (χ3v) is 9.57. The summed E-state index contributed by atoms with van der Waals surface area (Å²) in [5, 5.41) is 6.65. The number of likely N-dealkylation sites (tertiary alicyclic amines) is 1. The molecule has 47 heavy (non-hydrogen) atoms. The number of hydrogen-bond donors (Lipinski definition) is 3. The number of nitrogens with two attached hydrogens (primary N) is 1. The largest absolute Gasteiger partial charge is 0.455 e. The van der Waals surface area contributed by atoms with Crippen LogP contribution in [-0.4, -0.2) is 96.0 Å². The molecule has 0 bridgehead atoms. The van der Waals surface area contributed by atoms with Crippen LogP contribution in [0.3, 0.4) is 0 Å². The minimum absolute atomic E-state index is 0.00594. The molecule has 0 radical (unpaired) electrons. The fourth-order valence-electron chi connectivity index (χ4n) is 6.92. The monoisotopic (exact) mass is 645 g/mol. The first-order valence-corrected chi connectivity index (χ1v) is 17.7. The average Bonchev–Trinajstić information content (AvgIpc) is 3.50. The molecule has 0 aliphatic carbocycles. The summed E-state index contributed by atoms with van der Waals surface area (Å²) in [6, 6.07) is 17.7. The van der Waals surface area contributed by atoms with E-state index in [1.807, 2.05) is 47.4 Å². The number of nitrogens with one attached hydrogen (secondary N) is 2. The number of nitrogens with zero attached hydrogens (tertiary/aromatic N) is 4. The molecule has 4 atom stereocenters. The van der Waals surface area contributed by atoms with E-state index in [1.165, 1.54) is 32.4 Å². The Morgan fingerprint density at radius 2 is 1.68 bits per heavy atom. The van der Waals surface area contributed by atoms with Gasteiger partial charge in [0.2, 0.25) is 11.8 Å². The van der Waals surface area contributed by atoms with Gasteiger partial charge in [0.1, 0.15) is 12.1 Å². The third kappa shape index (κ3) is 9.55. The Labute approximate surface area is 281 Å². The fraction of sp³-hybridized carbons (Fsp3) is 0.595. The number of amidine groups is 1. The number of carbonyl (C=O) groups is 2. The summed E-state index contributed by atoms with van der Waals surface area (Å²) < 4.78 is 6.40. The highest BCUT2D eigenvalue weighted by atomic mass is 16.5. The van der Waals surface area contributed by atoms with Crippen molar-refractivity contribution in [1.29, 1.82) is 0 Å². The number of ether oxygens (including phenoxy) is 1. The van der Waals surface area contributed by atoms with Crippen LogP contribution in [0.25, 0.3) is 0 Å². The number of piperidine rings is 1. The zero-order valence-corrected chi connectivity index (χ0v) is 28.6. The predicted octanol–water partition coefficient (Wildman–Crippen LogP) is 3.81. The van der Waals surface area contributed by atoms with Gasteiger partial charge in [-0.15, -0.1) is 0 Å². The summed E-state index contributed by atoms with van der Waals surface area (Å²) in [5.41, 5.74) is 8.87. The second-order valence-electron chi connectivity index (χ2n) is 13.6. The molecule has 3 heterocycles. The van der Waals surface area contributed by atoms with E-state index in [9.17, 15) is 9.59 Å². The normalized spacial score (nSPS) is 22.6. The minimum Gasteiger partial charge on any atom is -0.455 e. The van der Waals surface area contributed by atoms with Crippen LogP contribution in [-0.2, 0) is 27.4 Å². The Balaban J connectivity index is 1.28. The van der Waals surface area contributed by atoms with Crippen molar-refractivity contribution >= 4 is 17.8 Å². The molecule has 0 aromatic heterocycles. The van der Waals surface area contributed by atoms with Gasteiger partial charge in [-0.2, -0.15) is 0 Å². The van der Waals surface area contributed by atoms with Gasteiger partial charge in [0, 0.05) is 32.2 Å². The maximum Gasteiger partial charge on any atom is 0.288 e. The van der Waals surface area contributed by atoms with Crippen molar-refractivity contribution < 1.29 is 14.3 Å². The number of amides is 2. The number of rotatable bonds is 13. The van der Waals surface area contributed by atoms with Gasteiger partial charge in [-0.25, -0.2) is 4.99 Å². The maximum absolute atomic E-state index is 14.3. The zero-order chi connectivity index (χ0) is 33.2. The van der Waals surface area contributed by atoms with Crippen LogP contribution in [0.15, 0.2) is 59.6 Å². The highest BCUT2D eigenvalue weighted by molar-refractivity contribution is 5.91. The van der Waals surface area contributed by atoms with Gasteiger partial charge >= 0.3 is 0 Å². The van der Waals surface area contributed by atoms with Gasteiger partial charge in [0.05, 0.1) is 18.6 Å². The second-order valence-corrected chi connectivity index (χ2v) is 13.6. The van der Waals surface area contributed by atoms with Crippen LogP contribution in [0.5, 0.6) is 0 Å². The molecule has 2 aromatic carbocycles. The van der Waals surface area contributed by atoms with Gasteiger partial charge in [-0.3, -0.25) is 9.59 Å². The second kappa shape index (κ2) is 17.1. The lowest BCUT2D eigenvalue weighted by Crippen LogP contribution is -2.64. The van der Waals surface area contributed by atoms with E-state index >= 15 is 0 Å². The Hall–Kier alpha value is -3.47. The van der Waals surface area contributed by atoms with Crippen LogP contribution in [0.1, 0.15) is 82.1 Å². The van der Waals surface area contributed by atoms with Crippen molar-refractivity contribution in [1.82, 2.24) is 25.3 Å². The van der Waals surface area contributed by atoms with Gasteiger partial charge in [-0.05, 0) is 68.9 Å². The zero-order valence-electron chi connectivity index (χ0n) is 28.6. The van der Waals surface area contributed by atoms with Crippen LogP contribution >= 0.6 is 0 Å². The molecular formula is C37H55N7O3. The standard InChI is InChI=1S/C37H55N7O3/c1-27(2)40-32(14-8-11-21-42-19-9-5-10-20-42)36(46)44-23-22-43(37-41-28(3)34(47-37)31-12-6-4-7-13-31)26-33(44)35(45)39-25-30-17-15-29(24-38)16-18-30/h4,6-7,12-13,15-18,27-28,32-34,40H,5,8-11,14,19-26,38H2,1-3H3,(H,39,45)/t28-,32?,33-,34+/m0/s1. The van der Waals surface area contributed by atoms with Crippen molar-refractivity contribution in [3.63, 3.8) is 0 Å². The summed E-state index contributed by atoms with van der Waals surface area (Å²) in [5.74, 6) is -0.181. The summed E-state index contributed by atoms with van der Waals surface area (Å²) in [7, 11) is 0.